The molecule has 0 spiro atoms. The Morgan fingerprint density at radius 2 is 2.12 bits per heavy atom. The summed E-state index contributed by atoms with van der Waals surface area (Å²) < 4.78 is 1.80. The van der Waals surface area contributed by atoms with Crippen molar-refractivity contribution in [2.75, 3.05) is 19.6 Å². The minimum absolute atomic E-state index is 0.149. The first-order valence-corrected chi connectivity index (χ1v) is 6.36. The molecule has 1 aromatic carbocycles. The molecular weight excluding hydrogens is 236 g/mol. The van der Waals surface area contributed by atoms with E-state index in [0.29, 0.717) is 5.92 Å². The van der Waals surface area contributed by atoms with E-state index in [1.807, 2.05) is 30.0 Å². The van der Waals surface area contributed by atoms with E-state index in [9.17, 15) is 4.79 Å². The number of amides is 1. The lowest BCUT2D eigenvalue weighted by Crippen LogP contribution is -2.47. The van der Waals surface area contributed by atoms with Gasteiger partial charge in [0.15, 0.2) is 0 Å². The van der Waals surface area contributed by atoms with Gasteiger partial charge in [0.05, 0.1) is 6.04 Å². The average molecular weight is 251 g/mol. The fourth-order valence-corrected chi connectivity index (χ4v) is 3.35. The average Bonchev–Trinajstić information content (AvgIpc) is 2.72. The quantitative estimate of drug-likeness (QED) is 0.713. The predicted octanol–water partition coefficient (Wildman–Crippen LogP) is 2.08. The molecule has 0 saturated carbocycles. The molecule has 90 valence electrons. The van der Waals surface area contributed by atoms with E-state index >= 15 is 0 Å². The monoisotopic (exact) mass is 250 g/mol. The Kier molecular flexibility index (Phi) is 2.60. The summed E-state index contributed by atoms with van der Waals surface area (Å²) in [5, 5.41) is 0. The van der Waals surface area contributed by atoms with Crippen molar-refractivity contribution >= 4 is 17.7 Å². The van der Waals surface area contributed by atoms with Crippen molar-refractivity contribution in [3.63, 3.8) is 0 Å². The van der Waals surface area contributed by atoms with E-state index in [1.165, 1.54) is 0 Å². The summed E-state index contributed by atoms with van der Waals surface area (Å²) in [7, 11) is 0. The summed E-state index contributed by atoms with van der Waals surface area (Å²) in [6.07, 6.45) is 0. The lowest BCUT2D eigenvalue weighted by atomic mass is 9.85. The molecule has 1 saturated heterocycles. The van der Waals surface area contributed by atoms with Crippen LogP contribution in [0.3, 0.4) is 0 Å². The molecule has 2 atom stereocenters. The van der Waals surface area contributed by atoms with Gasteiger partial charge in [-0.15, -0.1) is 0 Å². The van der Waals surface area contributed by atoms with Crippen molar-refractivity contribution in [2.24, 2.45) is 0 Å². The molecule has 0 unspecified atom stereocenters. The molecule has 0 bridgehead atoms. The highest BCUT2D eigenvalue weighted by Crippen LogP contribution is 2.38. The summed E-state index contributed by atoms with van der Waals surface area (Å²) >= 11 is 6.12. The van der Waals surface area contributed by atoms with Crippen molar-refractivity contribution in [1.29, 1.82) is 0 Å². The highest BCUT2D eigenvalue weighted by molar-refractivity contribution is 6.13. The predicted molar refractivity (Wildman–Crippen MR) is 67.1 cm³/mol. The van der Waals surface area contributed by atoms with Crippen LogP contribution in [0.5, 0.6) is 0 Å². The van der Waals surface area contributed by atoms with Crippen LogP contribution in [0.25, 0.3) is 0 Å². The maximum Gasteiger partial charge on any atom is 0.254 e. The third kappa shape index (κ3) is 1.57. The molecule has 1 amide bonds. The zero-order chi connectivity index (χ0) is 12.0. The number of nitrogens with zero attached hydrogens (tertiary/aromatic N) is 2. The van der Waals surface area contributed by atoms with Crippen LogP contribution < -0.4 is 0 Å². The zero-order valence-electron chi connectivity index (χ0n) is 9.77. The van der Waals surface area contributed by atoms with E-state index in [-0.39, 0.29) is 11.9 Å². The van der Waals surface area contributed by atoms with Gasteiger partial charge in [-0.05, 0) is 30.3 Å². The van der Waals surface area contributed by atoms with Crippen molar-refractivity contribution in [1.82, 2.24) is 9.32 Å². The number of carbonyl (C=O) groups is 1. The summed E-state index contributed by atoms with van der Waals surface area (Å²) in [6, 6.07) is 8.15. The maximum absolute atomic E-state index is 12.4. The minimum Gasteiger partial charge on any atom is -0.334 e. The van der Waals surface area contributed by atoms with Crippen molar-refractivity contribution in [3.05, 3.63) is 35.4 Å². The second-order valence-electron chi connectivity index (χ2n) is 4.68. The lowest BCUT2D eigenvalue weighted by molar-refractivity contribution is 0.0658. The van der Waals surface area contributed by atoms with Crippen molar-refractivity contribution in [2.45, 2.75) is 18.9 Å². The zero-order valence-corrected chi connectivity index (χ0v) is 10.5. The number of benzene rings is 1. The molecule has 2 aliphatic heterocycles. The molecule has 4 heteroatoms. The molecule has 0 aromatic heterocycles. The highest BCUT2D eigenvalue weighted by Gasteiger charge is 2.43. The number of hydrogen-bond acceptors (Lipinski definition) is 2. The molecule has 1 aromatic rings. The van der Waals surface area contributed by atoms with Crippen LogP contribution in [0.1, 0.15) is 28.8 Å². The van der Waals surface area contributed by atoms with E-state index in [1.54, 1.807) is 4.42 Å². The third-order valence-corrected chi connectivity index (χ3v) is 4.11. The standard InChI is InChI=1S/C13H15ClN2O/c1-2-16-12-8-15(14)7-11(12)9-5-3-4-6-10(9)13(16)17/h3-6,11-12H,2,7-8H2,1H3/t11-,12+/m1/s1. The molecule has 0 N–H and O–H groups in total. The van der Waals surface area contributed by atoms with Gasteiger partial charge in [-0.1, -0.05) is 18.2 Å². The Hall–Kier alpha value is -1.06. The first-order valence-electron chi connectivity index (χ1n) is 6.03. The van der Waals surface area contributed by atoms with Crippen molar-refractivity contribution in [3.8, 4) is 0 Å². The Morgan fingerprint density at radius 3 is 2.88 bits per heavy atom. The number of hydrogen-bond donors (Lipinski definition) is 0. The van der Waals surface area contributed by atoms with Gasteiger partial charge in [-0.25, -0.2) is 4.42 Å². The Labute approximate surface area is 106 Å². The Morgan fingerprint density at radius 1 is 1.35 bits per heavy atom. The van der Waals surface area contributed by atoms with Crippen LogP contribution in [0, 0.1) is 0 Å². The van der Waals surface area contributed by atoms with Crippen LogP contribution >= 0.6 is 11.8 Å². The van der Waals surface area contributed by atoms with Gasteiger partial charge in [0.25, 0.3) is 5.91 Å². The van der Waals surface area contributed by atoms with E-state index in [4.69, 9.17) is 11.8 Å². The molecule has 3 rings (SSSR count). The van der Waals surface area contributed by atoms with Gasteiger partial charge >= 0.3 is 0 Å². The van der Waals surface area contributed by atoms with Gasteiger partial charge in [0.2, 0.25) is 0 Å². The van der Waals surface area contributed by atoms with E-state index in [0.717, 1.165) is 30.8 Å². The number of likely N-dealkylation sites (N-methyl/N-ethyl adjacent to an activating group) is 1. The molecule has 2 heterocycles. The minimum atomic E-state index is 0.149. The second kappa shape index (κ2) is 4.00. The normalized spacial score (nSPS) is 28.1. The van der Waals surface area contributed by atoms with E-state index in [2.05, 4.69) is 6.07 Å². The van der Waals surface area contributed by atoms with Crippen LogP contribution in [-0.4, -0.2) is 40.9 Å². The summed E-state index contributed by atoms with van der Waals surface area (Å²) in [5.41, 5.74) is 2.01. The highest BCUT2D eigenvalue weighted by atomic mass is 35.5. The van der Waals surface area contributed by atoms with Gasteiger partial charge in [-0.3, -0.25) is 4.79 Å². The maximum atomic E-state index is 12.4. The summed E-state index contributed by atoms with van der Waals surface area (Å²) in [4.78, 5) is 14.3. The van der Waals surface area contributed by atoms with Gasteiger partial charge < -0.3 is 4.90 Å². The smallest absolute Gasteiger partial charge is 0.254 e. The summed E-state index contributed by atoms with van der Waals surface area (Å²) in [6.45, 7) is 4.37. The Balaban J connectivity index is 2.11. The third-order valence-electron chi connectivity index (χ3n) is 3.84. The topological polar surface area (TPSA) is 23.6 Å². The molecular formula is C13H15ClN2O. The molecule has 0 aliphatic carbocycles. The van der Waals surface area contributed by atoms with Crippen LogP contribution in [0.2, 0.25) is 0 Å². The van der Waals surface area contributed by atoms with Gasteiger partial charge in [0.1, 0.15) is 0 Å². The fraction of sp³-hybridized carbons (Fsp3) is 0.462. The molecule has 1 fully saturated rings. The van der Waals surface area contributed by atoms with Crippen LogP contribution in [0.4, 0.5) is 0 Å². The largest absolute Gasteiger partial charge is 0.334 e. The lowest BCUT2D eigenvalue weighted by Gasteiger charge is -2.37. The molecule has 0 radical (unpaired) electrons. The Bertz CT molecular complexity index is 462. The van der Waals surface area contributed by atoms with Crippen LogP contribution in [0.15, 0.2) is 24.3 Å². The van der Waals surface area contributed by atoms with Gasteiger partial charge in [0, 0.05) is 31.1 Å². The SMILES string of the molecule is CCN1C(=O)c2ccccc2[C@H]2CN(Cl)C[C@@H]21. The molecule has 2 aliphatic rings. The fourth-order valence-electron chi connectivity index (χ4n) is 3.06. The number of halogens is 1. The first-order chi connectivity index (χ1) is 8.22. The summed E-state index contributed by atoms with van der Waals surface area (Å²) in [5.74, 6) is 0.512. The second-order valence-corrected chi connectivity index (χ2v) is 5.16. The molecule has 3 nitrogen and oxygen atoms in total. The van der Waals surface area contributed by atoms with E-state index < -0.39 is 0 Å². The van der Waals surface area contributed by atoms with Crippen molar-refractivity contribution < 1.29 is 4.79 Å². The molecule has 17 heavy (non-hydrogen) atoms. The number of carbonyl (C=O) groups excluding carboxylic acids is 1. The first kappa shape index (κ1) is 11.1. The van der Waals surface area contributed by atoms with Gasteiger partial charge in [-0.2, -0.15) is 0 Å². The number of rotatable bonds is 1. The number of fused-ring (bicyclic) bond motifs is 3. The van der Waals surface area contributed by atoms with Crippen LogP contribution in [-0.2, 0) is 0 Å².